The van der Waals surface area contributed by atoms with Gasteiger partial charge in [0.15, 0.2) is 21.1 Å². The maximum Gasteiger partial charge on any atom is 0.387 e. The van der Waals surface area contributed by atoms with E-state index in [-0.39, 0.29) is 84.9 Å². The SMILES string of the molecule is CCCN(C)S(=O)(=O)c1ccc(OC(F)F)c(-c2nn(C[C@H]3CCCN3C)cc2NC(=O)c2cnn3cccnc23)c1.CN1CCC[C@@H]1Cn1cc(NC(=O)c2cnn3cccnc23)c(-c2cc(S(C)(=O)=O)ccc2OC(F)F)n1. The van der Waals surface area contributed by atoms with Crippen LogP contribution in [0.1, 0.15) is 59.7 Å². The Balaban J connectivity index is 0.000000195. The van der Waals surface area contributed by atoms with Crippen molar-refractivity contribution in [1.82, 2.24) is 62.9 Å². The Morgan fingerprint density at radius 1 is 0.713 bits per heavy atom. The summed E-state index contributed by atoms with van der Waals surface area (Å²) in [7, 11) is -2.16. The Labute approximate surface area is 457 Å². The molecule has 0 bridgehead atoms. The second kappa shape index (κ2) is 23.8. The summed E-state index contributed by atoms with van der Waals surface area (Å²) in [4.78, 5) is 39.3. The number of carbonyl (C=O) groups excluding carboxylic acids is 2. The lowest BCUT2D eigenvalue weighted by Gasteiger charge is -2.19. The second-order valence-corrected chi connectivity index (χ2v) is 23.3. The zero-order valence-corrected chi connectivity index (χ0v) is 45.7. The fourth-order valence-electron chi connectivity index (χ4n) is 9.61. The van der Waals surface area contributed by atoms with Gasteiger partial charge in [-0.15, -0.1) is 0 Å². The summed E-state index contributed by atoms with van der Waals surface area (Å²) in [6, 6.07) is 10.9. The third-order valence-electron chi connectivity index (χ3n) is 13.7. The number of anilines is 2. The van der Waals surface area contributed by atoms with Crippen LogP contribution in [0.4, 0.5) is 28.9 Å². The van der Waals surface area contributed by atoms with Gasteiger partial charge in [0.05, 0.1) is 46.6 Å². The third kappa shape index (κ3) is 12.6. The van der Waals surface area contributed by atoms with Crippen molar-refractivity contribution in [2.24, 2.45) is 0 Å². The van der Waals surface area contributed by atoms with Crippen LogP contribution in [0.15, 0.2) is 108 Å². The van der Waals surface area contributed by atoms with Gasteiger partial charge in [0, 0.05) is 80.2 Å². The van der Waals surface area contributed by atoms with Crippen LogP contribution in [-0.2, 0) is 33.0 Å². The summed E-state index contributed by atoms with van der Waals surface area (Å²) in [5.41, 5.74) is 1.57. The van der Waals surface area contributed by atoms with Crippen LogP contribution in [0.3, 0.4) is 0 Å². The minimum absolute atomic E-state index is 0.0000377. The van der Waals surface area contributed by atoms with Gasteiger partial charge in [0.2, 0.25) is 10.0 Å². The average Bonchev–Trinajstić information content (AvgIpc) is 4.36. The summed E-state index contributed by atoms with van der Waals surface area (Å²) in [6.07, 6.45) is 17.8. The second-order valence-electron chi connectivity index (χ2n) is 19.3. The lowest BCUT2D eigenvalue weighted by molar-refractivity contribution is -0.0501. The zero-order valence-electron chi connectivity index (χ0n) is 44.0. The topological polar surface area (TPSA) is 251 Å². The number of alkyl halides is 4. The Kier molecular flexibility index (Phi) is 16.9. The van der Waals surface area contributed by atoms with Gasteiger partial charge >= 0.3 is 13.2 Å². The number of ether oxygens (including phenoxy) is 2. The van der Waals surface area contributed by atoms with E-state index >= 15 is 0 Å². The fraction of sp³-hybridized carbons (Fsp3) is 0.373. The Bertz CT molecular complexity index is 3780. The summed E-state index contributed by atoms with van der Waals surface area (Å²) in [6.45, 7) is -1.39. The van der Waals surface area contributed by atoms with Crippen LogP contribution in [-0.4, -0.2) is 164 Å². The molecular weight excluding hydrogens is 1090 g/mol. The molecule has 424 valence electrons. The number of sulfone groups is 1. The maximum atomic E-state index is 13.5. The molecule has 2 amide bonds. The molecule has 2 aliphatic rings. The predicted octanol–water partition coefficient (Wildman–Crippen LogP) is 6.52. The maximum absolute atomic E-state index is 13.5. The Hall–Kier alpha value is -7.86. The number of halogens is 4. The van der Waals surface area contributed by atoms with Crippen molar-refractivity contribution in [3.05, 3.63) is 109 Å². The lowest BCUT2D eigenvalue weighted by atomic mass is 10.1. The number of hydrogen-bond acceptors (Lipinski definition) is 16. The summed E-state index contributed by atoms with van der Waals surface area (Å²) < 4.78 is 121. The van der Waals surface area contributed by atoms with Gasteiger partial charge in [-0.05, 0) is 108 Å². The molecule has 2 aromatic carbocycles. The lowest BCUT2D eigenvalue weighted by Crippen LogP contribution is -2.29. The van der Waals surface area contributed by atoms with Crippen molar-refractivity contribution in [2.75, 3.05) is 57.7 Å². The van der Waals surface area contributed by atoms with Crippen LogP contribution >= 0.6 is 0 Å². The number of likely N-dealkylation sites (N-methyl/N-ethyl adjacent to an activating group) is 2. The van der Waals surface area contributed by atoms with E-state index in [0.29, 0.717) is 30.8 Å². The molecule has 2 fully saturated rings. The fourth-order valence-corrected chi connectivity index (χ4v) is 11.5. The number of likely N-dealkylation sites (tertiary alicyclic amines) is 2. The average molecular weight is 1150 g/mol. The molecule has 0 aliphatic carbocycles. The molecule has 8 aromatic rings. The predicted molar refractivity (Wildman–Crippen MR) is 285 cm³/mol. The van der Waals surface area contributed by atoms with E-state index in [2.05, 4.69) is 50.8 Å². The van der Waals surface area contributed by atoms with Crippen LogP contribution in [0.25, 0.3) is 33.8 Å². The van der Waals surface area contributed by atoms with E-state index < -0.39 is 44.9 Å². The smallest absolute Gasteiger partial charge is 0.387 e. The number of rotatable bonds is 19. The van der Waals surface area contributed by atoms with E-state index in [1.165, 1.54) is 75.5 Å². The van der Waals surface area contributed by atoms with Gasteiger partial charge in [-0.3, -0.25) is 19.0 Å². The number of sulfonamides is 1. The summed E-state index contributed by atoms with van der Waals surface area (Å²) in [5.74, 6) is -1.65. The van der Waals surface area contributed by atoms with Crippen molar-refractivity contribution < 1.29 is 53.5 Å². The molecule has 0 unspecified atom stereocenters. The number of fused-ring (bicyclic) bond motifs is 2. The summed E-state index contributed by atoms with van der Waals surface area (Å²) in [5, 5.41) is 23.1. The van der Waals surface area contributed by atoms with Gasteiger partial charge in [-0.2, -0.15) is 38.0 Å². The van der Waals surface area contributed by atoms with E-state index in [0.717, 1.165) is 51.1 Å². The number of amides is 2. The van der Waals surface area contributed by atoms with Crippen LogP contribution in [0.5, 0.6) is 11.5 Å². The van der Waals surface area contributed by atoms with E-state index in [4.69, 9.17) is 9.47 Å². The van der Waals surface area contributed by atoms with E-state index in [9.17, 15) is 44.0 Å². The molecule has 23 nitrogen and oxygen atoms in total. The molecule has 8 heterocycles. The van der Waals surface area contributed by atoms with Gasteiger partial charge < -0.3 is 29.9 Å². The highest BCUT2D eigenvalue weighted by molar-refractivity contribution is 7.90. The molecule has 2 N–H and O–H groups in total. The number of nitrogens with one attached hydrogen (secondary N) is 2. The first-order valence-electron chi connectivity index (χ1n) is 25.3. The molecule has 29 heteroatoms. The minimum atomic E-state index is -3.95. The molecule has 0 saturated carbocycles. The molecule has 2 atom stereocenters. The molecule has 6 aromatic heterocycles. The first kappa shape index (κ1) is 56.8. The summed E-state index contributed by atoms with van der Waals surface area (Å²) >= 11 is 0. The number of hydrogen-bond donors (Lipinski definition) is 2. The van der Waals surface area contributed by atoms with Gasteiger partial charge in [0.25, 0.3) is 11.8 Å². The third-order valence-corrected chi connectivity index (χ3v) is 16.7. The molecular formula is C51H57F4N15O8S2. The zero-order chi connectivity index (χ0) is 57.0. The first-order chi connectivity index (χ1) is 38.2. The number of nitrogens with zero attached hydrogens (tertiary/aromatic N) is 13. The van der Waals surface area contributed by atoms with Gasteiger partial charge in [-0.1, -0.05) is 6.92 Å². The monoisotopic (exact) mass is 1150 g/mol. The number of benzene rings is 2. The molecule has 0 spiro atoms. The van der Waals surface area contributed by atoms with Crippen LogP contribution in [0, 0.1) is 0 Å². The standard InChI is InChI=1S/C27H32F2N8O4S.C24H25F2N7O4S/c1-4-11-35(3)42(39,40)19-8-9-23(41-27(28)29)20(14-19)24-22(17-36(33-24)16-18-7-5-12-34(18)2)32-26(38)21-15-31-37-13-6-10-30-25(21)37;1-31-9-3-5-15(31)13-32-14-19(29-23(34)18-12-28-33-10-4-8-27-22(18)33)21(30-32)17-11-16(38(2,35)36)6-7-20(17)37-24(25)26/h6,8-10,13-15,17-18,27H,4-5,7,11-12,16H2,1-3H3,(H,32,38);4,6-8,10-12,14-15,24H,3,5,9,13H2,1-2H3,(H,29,34)/t18-;15-/m11/s1. The number of aromatic nitrogens is 10. The quantitative estimate of drug-likeness (QED) is 0.0818. The van der Waals surface area contributed by atoms with E-state index in [1.54, 1.807) is 46.3 Å². The van der Waals surface area contributed by atoms with Crippen LogP contribution in [0.2, 0.25) is 0 Å². The Morgan fingerprint density at radius 2 is 1.16 bits per heavy atom. The molecule has 2 saturated heterocycles. The largest absolute Gasteiger partial charge is 0.434 e. The normalized spacial score (nSPS) is 16.2. The van der Waals surface area contributed by atoms with Gasteiger partial charge in [0.1, 0.15) is 34.0 Å². The van der Waals surface area contributed by atoms with Crippen molar-refractivity contribution >= 4 is 54.3 Å². The first-order valence-corrected chi connectivity index (χ1v) is 28.6. The molecule has 2 aliphatic heterocycles. The molecule has 10 rings (SSSR count). The highest BCUT2D eigenvalue weighted by atomic mass is 32.2. The van der Waals surface area contributed by atoms with Crippen molar-refractivity contribution in [3.63, 3.8) is 0 Å². The van der Waals surface area contributed by atoms with Crippen molar-refractivity contribution in [3.8, 4) is 34.0 Å². The van der Waals surface area contributed by atoms with E-state index in [1.807, 2.05) is 21.0 Å². The molecule has 0 radical (unpaired) electrons. The van der Waals surface area contributed by atoms with Gasteiger partial charge in [-0.25, -0.2) is 40.1 Å². The van der Waals surface area contributed by atoms with Crippen molar-refractivity contribution in [1.29, 1.82) is 0 Å². The number of carbonyl (C=O) groups is 2. The van der Waals surface area contributed by atoms with Crippen LogP contribution < -0.4 is 20.1 Å². The van der Waals surface area contributed by atoms with Crippen molar-refractivity contribution in [2.45, 2.75) is 87.2 Å². The highest BCUT2D eigenvalue weighted by Gasteiger charge is 2.30. The highest BCUT2D eigenvalue weighted by Crippen LogP contribution is 2.40. The minimum Gasteiger partial charge on any atom is -0.434 e. The Morgan fingerprint density at radius 3 is 1.57 bits per heavy atom. The molecule has 80 heavy (non-hydrogen) atoms.